The third-order valence-electron chi connectivity index (χ3n) is 4.57. The van der Waals surface area contributed by atoms with Crippen LogP contribution in [0.1, 0.15) is 29.4 Å². The zero-order valence-corrected chi connectivity index (χ0v) is 13.5. The highest BCUT2D eigenvalue weighted by Crippen LogP contribution is 2.23. The summed E-state index contributed by atoms with van der Waals surface area (Å²) in [4.78, 5) is 14.4. The molecule has 1 aliphatic heterocycles. The van der Waals surface area contributed by atoms with Crippen LogP contribution in [0, 0.1) is 19.8 Å². The molecular formula is C17H23N3O2. The first-order valence-corrected chi connectivity index (χ1v) is 7.90. The van der Waals surface area contributed by atoms with E-state index in [-0.39, 0.29) is 5.91 Å². The fourth-order valence-electron chi connectivity index (χ4n) is 3.21. The summed E-state index contributed by atoms with van der Waals surface area (Å²) in [6.07, 6.45) is 4.95. The van der Waals surface area contributed by atoms with E-state index in [0.717, 1.165) is 43.0 Å². The van der Waals surface area contributed by atoms with Crippen LogP contribution in [0.5, 0.6) is 0 Å². The van der Waals surface area contributed by atoms with Gasteiger partial charge in [-0.05, 0) is 44.7 Å². The van der Waals surface area contributed by atoms with E-state index in [1.54, 1.807) is 12.5 Å². The number of furan rings is 1. The summed E-state index contributed by atoms with van der Waals surface area (Å²) in [6, 6.07) is 2.00. The number of carbonyl (C=O) groups excluding carboxylic acids is 1. The summed E-state index contributed by atoms with van der Waals surface area (Å²) < 4.78 is 7.05. The zero-order valence-electron chi connectivity index (χ0n) is 13.5. The van der Waals surface area contributed by atoms with Crippen LogP contribution >= 0.6 is 0 Å². The number of hydrogen-bond donors (Lipinski definition) is 0. The third kappa shape index (κ3) is 2.80. The van der Waals surface area contributed by atoms with Gasteiger partial charge in [0.1, 0.15) is 0 Å². The lowest BCUT2D eigenvalue weighted by Gasteiger charge is -2.39. The van der Waals surface area contributed by atoms with Crippen molar-refractivity contribution in [3.8, 4) is 0 Å². The summed E-state index contributed by atoms with van der Waals surface area (Å²) in [5.41, 5.74) is 4.39. The number of rotatable bonds is 5. The molecule has 22 heavy (non-hydrogen) atoms. The van der Waals surface area contributed by atoms with E-state index in [1.807, 2.05) is 29.5 Å². The standard InChI is InChI=1S/C17H23N3O2/c1-4-20-13(3)16(12(2)18-20)8-17(21)19-9-15(10-19)7-14-5-6-22-11-14/h5-6,11,15H,4,7-10H2,1-3H3. The molecule has 0 unspecified atom stereocenters. The molecular weight excluding hydrogens is 278 g/mol. The summed E-state index contributed by atoms with van der Waals surface area (Å²) in [7, 11) is 0. The van der Waals surface area contributed by atoms with Crippen molar-refractivity contribution in [3.05, 3.63) is 41.1 Å². The van der Waals surface area contributed by atoms with Crippen LogP contribution in [0.3, 0.4) is 0 Å². The van der Waals surface area contributed by atoms with Crippen LogP contribution in [0.4, 0.5) is 0 Å². The van der Waals surface area contributed by atoms with Crippen molar-refractivity contribution in [2.75, 3.05) is 13.1 Å². The maximum absolute atomic E-state index is 12.4. The molecule has 3 heterocycles. The molecule has 1 fully saturated rings. The van der Waals surface area contributed by atoms with Gasteiger partial charge in [0.05, 0.1) is 24.6 Å². The SMILES string of the molecule is CCn1nc(C)c(CC(=O)N2CC(Cc3ccoc3)C2)c1C. The van der Waals surface area contributed by atoms with Crippen molar-refractivity contribution in [1.29, 1.82) is 0 Å². The lowest BCUT2D eigenvalue weighted by molar-refractivity contribution is -0.136. The van der Waals surface area contributed by atoms with Crippen molar-refractivity contribution in [1.82, 2.24) is 14.7 Å². The minimum Gasteiger partial charge on any atom is -0.472 e. The Morgan fingerprint density at radius 2 is 2.18 bits per heavy atom. The maximum atomic E-state index is 12.4. The van der Waals surface area contributed by atoms with Crippen LogP contribution < -0.4 is 0 Å². The summed E-state index contributed by atoms with van der Waals surface area (Å²) >= 11 is 0. The molecule has 5 heteroatoms. The molecule has 0 bridgehead atoms. The molecule has 2 aromatic heterocycles. The molecule has 1 aliphatic rings. The predicted octanol–water partition coefficient (Wildman–Crippen LogP) is 2.36. The second-order valence-corrected chi connectivity index (χ2v) is 6.14. The van der Waals surface area contributed by atoms with Gasteiger partial charge < -0.3 is 9.32 Å². The molecule has 1 amide bonds. The second-order valence-electron chi connectivity index (χ2n) is 6.14. The molecule has 0 aromatic carbocycles. The quantitative estimate of drug-likeness (QED) is 0.852. The smallest absolute Gasteiger partial charge is 0.227 e. The van der Waals surface area contributed by atoms with Gasteiger partial charge in [-0.25, -0.2) is 0 Å². The fourth-order valence-corrected chi connectivity index (χ4v) is 3.21. The molecule has 0 N–H and O–H groups in total. The Hall–Kier alpha value is -2.04. The van der Waals surface area contributed by atoms with Gasteiger partial charge >= 0.3 is 0 Å². The van der Waals surface area contributed by atoms with Gasteiger partial charge in [0.2, 0.25) is 5.91 Å². The summed E-state index contributed by atoms with van der Waals surface area (Å²) in [5, 5.41) is 4.49. The maximum Gasteiger partial charge on any atom is 0.227 e. The van der Waals surface area contributed by atoms with Gasteiger partial charge in [-0.3, -0.25) is 9.48 Å². The highest BCUT2D eigenvalue weighted by atomic mass is 16.3. The Morgan fingerprint density at radius 1 is 1.41 bits per heavy atom. The summed E-state index contributed by atoms with van der Waals surface area (Å²) in [6.45, 7) is 8.65. The predicted molar refractivity (Wildman–Crippen MR) is 83.6 cm³/mol. The third-order valence-corrected chi connectivity index (χ3v) is 4.57. The van der Waals surface area contributed by atoms with Gasteiger partial charge in [0.25, 0.3) is 0 Å². The van der Waals surface area contributed by atoms with E-state index in [0.29, 0.717) is 12.3 Å². The van der Waals surface area contributed by atoms with Crippen molar-refractivity contribution in [3.63, 3.8) is 0 Å². The first-order chi connectivity index (χ1) is 10.6. The first kappa shape index (κ1) is 14.9. The van der Waals surface area contributed by atoms with Gasteiger partial charge in [-0.2, -0.15) is 5.10 Å². The summed E-state index contributed by atoms with van der Waals surface area (Å²) in [5.74, 6) is 0.771. The average Bonchev–Trinajstić information content (AvgIpc) is 3.05. The molecule has 0 aliphatic carbocycles. The lowest BCUT2D eigenvalue weighted by atomic mass is 9.92. The number of aryl methyl sites for hydroxylation is 2. The van der Waals surface area contributed by atoms with Crippen molar-refractivity contribution >= 4 is 5.91 Å². The Balaban J connectivity index is 1.55. The fraction of sp³-hybridized carbons (Fsp3) is 0.529. The van der Waals surface area contributed by atoms with Gasteiger partial charge in [-0.15, -0.1) is 0 Å². The van der Waals surface area contributed by atoms with E-state index in [9.17, 15) is 4.79 Å². The average molecular weight is 301 g/mol. The monoisotopic (exact) mass is 301 g/mol. The topological polar surface area (TPSA) is 51.3 Å². The molecule has 2 aromatic rings. The highest BCUT2D eigenvalue weighted by Gasteiger charge is 2.31. The van der Waals surface area contributed by atoms with E-state index in [2.05, 4.69) is 12.0 Å². The van der Waals surface area contributed by atoms with Gasteiger partial charge in [-0.1, -0.05) is 0 Å². The number of nitrogens with zero attached hydrogens (tertiary/aromatic N) is 3. The largest absolute Gasteiger partial charge is 0.472 e. The van der Waals surface area contributed by atoms with Gasteiger partial charge in [0, 0.05) is 30.9 Å². The second kappa shape index (κ2) is 5.99. The number of aromatic nitrogens is 2. The van der Waals surface area contributed by atoms with E-state index in [1.165, 1.54) is 5.56 Å². The molecule has 0 radical (unpaired) electrons. The first-order valence-electron chi connectivity index (χ1n) is 7.90. The normalized spacial score (nSPS) is 15.1. The Kier molecular flexibility index (Phi) is 4.05. The Morgan fingerprint density at radius 3 is 2.77 bits per heavy atom. The van der Waals surface area contributed by atoms with Crippen LogP contribution in [0.2, 0.25) is 0 Å². The molecule has 0 saturated carbocycles. The molecule has 0 spiro atoms. The highest BCUT2D eigenvalue weighted by molar-refractivity contribution is 5.80. The van der Waals surface area contributed by atoms with E-state index >= 15 is 0 Å². The molecule has 1 saturated heterocycles. The molecule has 3 rings (SSSR count). The Labute approximate surface area is 130 Å². The Bertz CT molecular complexity index is 652. The number of carbonyl (C=O) groups is 1. The zero-order chi connectivity index (χ0) is 15.7. The minimum absolute atomic E-state index is 0.213. The number of likely N-dealkylation sites (tertiary alicyclic amines) is 1. The number of hydrogen-bond acceptors (Lipinski definition) is 3. The minimum atomic E-state index is 0.213. The lowest BCUT2D eigenvalue weighted by Crippen LogP contribution is -2.51. The van der Waals surface area contributed by atoms with E-state index < -0.39 is 0 Å². The van der Waals surface area contributed by atoms with Gasteiger partial charge in [0.15, 0.2) is 0 Å². The van der Waals surface area contributed by atoms with Crippen LogP contribution in [-0.4, -0.2) is 33.7 Å². The molecule has 0 atom stereocenters. The van der Waals surface area contributed by atoms with Crippen molar-refractivity contribution < 1.29 is 9.21 Å². The van der Waals surface area contributed by atoms with Crippen LogP contribution in [0.15, 0.2) is 23.0 Å². The van der Waals surface area contributed by atoms with Crippen LogP contribution in [-0.2, 0) is 24.2 Å². The molecule has 118 valence electrons. The van der Waals surface area contributed by atoms with Crippen LogP contribution in [0.25, 0.3) is 0 Å². The number of amides is 1. The van der Waals surface area contributed by atoms with E-state index in [4.69, 9.17) is 4.42 Å². The molecule has 5 nitrogen and oxygen atoms in total. The van der Waals surface area contributed by atoms with Crippen molar-refractivity contribution in [2.24, 2.45) is 5.92 Å². The van der Waals surface area contributed by atoms with Crippen molar-refractivity contribution in [2.45, 2.75) is 40.2 Å².